The zero-order chi connectivity index (χ0) is 27.0. The SMILES string of the molecule is CC(C)c1ccc(N2C(=O)CC(N(CCc3c[nH]c4ccccc34)S(=O)(=O)c3ccc(Cl)cc3)C2=O)cc1. The average molecular weight is 550 g/mol. The quantitative estimate of drug-likeness (QED) is 0.293. The molecule has 0 saturated carbocycles. The van der Waals surface area contributed by atoms with E-state index in [4.69, 9.17) is 11.6 Å². The summed E-state index contributed by atoms with van der Waals surface area (Å²) in [5.74, 6) is -0.684. The zero-order valence-electron chi connectivity index (χ0n) is 21.1. The molecule has 196 valence electrons. The number of nitrogens with zero attached hydrogens (tertiary/aromatic N) is 2. The Morgan fingerprint density at radius 1 is 1.00 bits per heavy atom. The summed E-state index contributed by atoms with van der Waals surface area (Å²) in [6.45, 7) is 4.14. The Bertz CT molecular complexity index is 1600. The third-order valence-electron chi connectivity index (χ3n) is 6.99. The van der Waals surface area contributed by atoms with E-state index in [0.717, 1.165) is 26.9 Å². The van der Waals surface area contributed by atoms with Gasteiger partial charge in [0.25, 0.3) is 5.91 Å². The van der Waals surface area contributed by atoms with Gasteiger partial charge in [-0.1, -0.05) is 55.8 Å². The van der Waals surface area contributed by atoms with Gasteiger partial charge in [0, 0.05) is 28.7 Å². The number of amides is 2. The minimum Gasteiger partial charge on any atom is -0.361 e. The van der Waals surface area contributed by atoms with Crippen LogP contribution in [0.2, 0.25) is 5.02 Å². The second kappa shape index (κ2) is 10.4. The molecule has 3 aromatic carbocycles. The molecular formula is C29H28ClN3O4S. The number of sulfonamides is 1. The number of H-pyrrole nitrogens is 1. The third kappa shape index (κ3) is 4.87. The lowest BCUT2D eigenvalue weighted by atomic mass is 10.0. The van der Waals surface area contributed by atoms with Crippen molar-refractivity contribution < 1.29 is 18.0 Å². The molecule has 7 nitrogen and oxygen atoms in total. The molecule has 1 unspecified atom stereocenters. The van der Waals surface area contributed by atoms with Crippen LogP contribution in [0.25, 0.3) is 10.9 Å². The molecule has 0 radical (unpaired) electrons. The van der Waals surface area contributed by atoms with E-state index in [1.54, 1.807) is 12.1 Å². The van der Waals surface area contributed by atoms with Crippen LogP contribution in [0.4, 0.5) is 5.69 Å². The number of rotatable bonds is 8. The molecule has 9 heteroatoms. The highest BCUT2D eigenvalue weighted by molar-refractivity contribution is 7.89. The van der Waals surface area contributed by atoms with Crippen molar-refractivity contribution in [3.63, 3.8) is 0 Å². The van der Waals surface area contributed by atoms with Gasteiger partial charge in [-0.15, -0.1) is 0 Å². The standard InChI is InChI=1S/C29H28ClN3O4S/c1-19(2)20-7-11-23(12-8-20)33-28(34)17-27(29(33)35)32(38(36,37)24-13-9-22(30)10-14-24)16-15-21-18-31-26-6-4-3-5-25(21)26/h3-14,18-19,27,31H,15-17H2,1-2H3. The van der Waals surface area contributed by atoms with Crippen LogP contribution in [0, 0.1) is 0 Å². The smallest absolute Gasteiger partial charge is 0.252 e. The largest absolute Gasteiger partial charge is 0.361 e. The fourth-order valence-corrected chi connectivity index (χ4v) is 6.58. The summed E-state index contributed by atoms with van der Waals surface area (Å²) < 4.78 is 28.9. The van der Waals surface area contributed by atoms with Crippen LogP contribution in [0.1, 0.15) is 37.3 Å². The van der Waals surface area contributed by atoms with Gasteiger partial charge in [-0.2, -0.15) is 4.31 Å². The summed E-state index contributed by atoms with van der Waals surface area (Å²) in [7, 11) is -4.12. The highest BCUT2D eigenvalue weighted by atomic mass is 35.5. The summed E-state index contributed by atoms with van der Waals surface area (Å²) in [5, 5.41) is 1.38. The van der Waals surface area contributed by atoms with Crippen LogP contribution in [0.15, 0.2) is 83.9 Å². The number of carbonyl (C=O) groups excluding carboxylic acids is 2. The van der Waals surface area contributed by atoms with Gasteiger partial charge in [-0.3, -0.25) is 9.59 Å². The van der Waals surface area contributed by atoms with Gasteiger partial charge < -0.3 is 4.98 Å². The molecule has 1 saturated heterocycles. The van der Waals surface area contributed by atoms with Crippen LogP contribution in [0.3, 0.4) is 0 Å². The maximum Gasteiger partial charge on any atom is 0.252 e. The molecule has 1 atom stereocenters. The second-order valence-corrected chi connectivity index (χ2v) is 12.0. The van der Waals surface area contributed by atoms with Crippen LogP contribution in [-0.2, 0) is 26.0 Å². The Hall–Kier alpha value is -3.46. The number of aromatic amines is 1. The number of aromatic nitrogens is 1. The topological polar surface area (TPSA) is 90.6 Å². The Kier molecular flexibility index (Phi) is 7.13. The molecule has 0 aliphatic carbocycles. The number of imide groups is 1. The van der Waals surface area contributed by atoms with Crippen LogP contribution in [-0.4, -0.2) is 42.1 Å². The Morgan fingerprint density at radius 2 is 1.68 bits per heavy atom. The zero-order valence-corrected chi connectivity index (χ0v) is 22.7. The first kappa shape index (κ1) is 26.2. The summed E-state index contributed by atoms with van der Waals surface area (Å²) in [6, 6.07) is 19.7. The third-order valence-corrected chi connectivity index (χ3v) is 9.16. The number of benzene rings is 3. The number of fused-ring (bicyclic) bond motifs is 1. The maximum atomic E-state index is 13.9. The highest BCUT2D eigenvalue weighted by Crippen LogP contribution is 2.31. The van der Waals surface area contributed by atoms with E-state index in [1.807, 2.05) is 42.6 Å². The number of carbonyl (C=O) groups is 2. The van der Waals surface area contributed by atoms with Gasteiger partial charge in [-0.25, -0.2) is 13.3 Å². The van der Waals surface area contributed by atoms with Gasteiger partial charge >= 0.3 is 0 Å². The molecule has 0 spiro atoms. The van der Waals surface area contributed by atoms with E-state index < -0.39 is 27.9 Å². The molecule has 1 fully saturated rings. The van der Waals surface area contributed by atoms with Crippen molar-refractivity contribution in [3.05, 3.63) is 95.1 Å². The van der Waals surface area contributed by atoms with E-state index in [1.165, 1.54) is 28.6 Å². The fourth-order valence-electron chi connectivity index (χ4n) is 4.88. The molecule has 1 aromatic heterocycles. The van der Waals surface area contributed by atoms with Crippen molar-refractivity contribution in [2.75, 3.05) is 11.4 Å². The molecule has 1 aliphatic rings. The first-order valence-corrected chi connectivity index (χ1v) is 14.3. The summed E-state index contributed by atoms with van der Waals surface area (Å²) in [6.07, 6.45) is 1.98. The Morgan fingerprint density at radius 3 is 2.37 bits per heavy atom. The van der Waals surface area contributed by atoms with Crippen LogP contribution < -0.4 is 4.90 Å². The van der Waals surface area contributed by atoms with Crippen molar-refractivity contribution in [2.24, 2.45) is 0 Å². The lowest BCUT2D eigenvalue weighted by molar-refractivity contribution is -0.122. The van der Waals surface area contributed by atoms with E-state index in [-0.39, 0.29) is 17.9 Å². The van der Waals surface area contributed by atoms with Crippen LogP contribution in [0.5, 0.6) is 0 Å². The lowest BCUT2D eigenvalue weighted by Gasteiger charge is -2.27. The minimum absolute atomic E-state index is 0.0146. The van der Waals surface area contributed by atoms with Crippen molar-refractivity contribution in [1.82, 2.24) is 9.29 Å². The van der Waals surface area contributed by atoms with E-state index in [0.29, 0.717) is 23.0 Å². The monoisotopic (exact) mass is 549 g/mol. The molecule has 1 aliphatic heterocycles. The molecule has 2 amide bonds. The van der Waals surface area contributed by atoms with E-state index in [9.17, 15) is 18.0 Å². The Balaban J connectivity index is 1.49. The number of halogens is 1. The van der Waals surface area contributed by atoms with Gasteiger partial charge in [0.15, 0.2) is 0 Å². The molecule has 5 rings (SSSR count). The molecular weight excluding hydrogens is 522 g/mol. The summed E-state index contributed by atoms with van der Waals surface area (Å²) in [5.41, 5.74) is 3.38. The number of hydrogen-bond acceptors (Lipinski definition) is 4. The van der Waals surface area contributed by atoms with Crippen molar-refractivity contribution in [3.8, 4) is 0 Å². The normalized spacial score (nSPS) is 16.3. The van der Waals surface area contributed by atoms with Crippen molar-refractivity contribution in [2.45, 2.75) is 43.5 Å². The highest BCUT2D eigenvalue weighted by Gasteiger charge is 2.46. The lowest BCUT2D eigenvalue weighted by Crippen LogP contribution is -2.46. The first-order valence-electron chi connectivity index (χ1n) is 12.5. The predicted molar refractivity (Wildman–Crippen MR) is 149 cm³/mol. The van der Waals surface area contributed by atoms with E-state index in [2.05, 4.69) is 18.8 Å². The van der Waals surface area contributed by atoms with Gasteiger partial charge in [0.05, 0.1) is 17.0 Å². The fraction of sp³-hybridized carbons (Fsp3) is 0.241. The Labute approximate surface area is 227 Å². The molecule has 2 heterocycles. The molecule has 38 heavy (non-hydrogen) atoms. The molecule has 4 aromatic rings. The summed E-state index contributed by atoms with van der Waals surface area (Å²) in [4.78, 5) is 31.1. The van der Waals surface area contributed by atoms with Crippen LogP contribution >= 0.6 is 11.6 Å². The minimum atomic E-state index is -4.12. The second-order valence-electron chi connectivity index (χ2n) is 9.71. The maximum absolute atomic E-state index is 13.9. The average Bonchev–Trinajstić information content (AvgIpc) is 3.44. The molecule has 0 bridgehead atoms. The number of nitrogens with one attached hydrogen (secondary N) is 1. The van der Waals surface area contributed by atoms with Gasteiger partial charge in [-0.05, 0) is 65.9 Å². The first-order chi connectivity index (χ1) is 18.2. The summed E-state index contributed by atoms with van der Waals surface area (Å²) >= 11 is 6.00. The number of anilines is 1. The van der Waals surface area contributed by atoms with Crippen molar-refractivity contribution in [1.29, 1.82) is 0 Å². The number of hydrogen-bond donors (Lipinski definition) is 1. The molecule has 1 N–H and O–H groups in total. The van der Waals surface area contributed by atoms with E-state index >= 15 is 0 Å². The van der Waals surface area contributed by atoms with Gasteiger partial charge in [0.1, 0.15) is 6.04 Å². The predicted octanol–water partition coefficient (Wildman–Crippen LogP) is 5.51. The number of para-hydroxylation sites is 1. The van der Waals surface area contributed by atoms with Gasteiger partial charge in [0.2, 0.25) is 15.9 Å². The van der Waals surface area contributed by atoms with Crippen molar-refractivity contribution >= 4 is 50.0 Å².